The molecule has 2 rings (SSSR count). The maximum absolute atomic E-state index is 2.52. The summed E-state index contributed by atoms with van der Waals surface area (Å²) in [7, 11) is 2.28. The van der Waals surface area contributed by atoms with E-state index in [0.717, 1.165) is 11.3 Å². The van der Waals surface area contributed by atoms with E-state index in [9.17, 15) is 0 Å². The molecule has 0 radical (unpaired) electrons. The number of hydrogen-bond donors (Lipinski definition) is 0. The first-order valence-electron chi connectivity index (χ1n) is 6.60. The van der Waals surface area contributed by atoms with Crippen molar-refractivity contribution in [2.75, 3.05) is 20.1 Å². The average Bonchev–Trinajstić information content (AvgIpc) is 2.42. The molecule has 1 heterocycles. The van der Waals surface area contributed by atoms with Crippen LogP contribution in [0.5, 0.6) is 0 Å². The number of likely N-dealkylation sites (tertiary alicyclic amines) is 1. The number of hydrogen-bond acceptors (Lipinski definition) is 1. The van der Waals surface area contributed by atoms with Gasteiger partial charge in [0.05, 0.1) is 0 Å². The fraction of sp³-hybridized carbons (Fsp3) is 1.00. The van der Waals surface area contributed by atoms with Crippen molar-refractivity contribution in [3.8, 4) is 0 Å². The molecule has 88 valence electrons. The average molecular weight is 209 g/mol. The van der Waals surface area contributed by atoms with Gasteiger partial charge in [0.25, 0.3) is 0 Å². The maximum Gasteiger partial charge on any atom is 0.00124 e. The second-order valence-electron chi connectivity index (χ2n) is 7.20. The van der Waals surface area contributed by atoms with Crippen molar-refractivity contribution in [1.29, 1.82) is 0 Å². The van der Waals surface area contributed by atoms with Crippen LogP contribution < -0.4 is 0 Å². The molecule has 0 spiro atoms. The molecular formula is C14H27N. The van der Waals surface area contributed by atoms with Crippen molar-refractivity contribution in [2.24, 2.45) is 16.7 Å². The summed E-state index contributed by atoms with van der Waals surface area (Å²) in [5.74, 6) is 0.996. The van der Waals surface area contributed by atoms with Crippen LogP contribution in [0.2, 0.25) is 0 Å². The van der Waals surface area contributed by atoms with Gasteiger partial charge >= 0.3 is 0 Å². The molecule has 0 aromatic carbocycles. The minimum absolute atomic E-state index is 0.515. The van der Waals surface area contributed by atoms with Crippen molar-refractivity contribution in [2.45, 2.75) is 52.9 Å². The van der Waals surface area contributed by atoms with Crippen LogP contribution in [0.1, 0.15) is 52.9 Å². The van der Waals surface area contributed by atoms with Crippen LogP contribution in [0, 0.1) is 16.7 Å². The van der Waals surface area contributed by atoms with Crippen molar-refractivity contribution in [3.05, 3.63) is 0 Å². The number of rotatable bonds is 2. The maximum atomic E-state index is 2.52. The molecule has 1 unspecified atom stereocenters. The Morgan fingerprint density at radius 2 is 1.93 bits per heavy atom. The lowest BCUT2D eigenvalue weighted by atomic mass is 9.55. The molecule has 15 heavy (non-hydrogen) atoms. The van der Waals surface area contributed by atoms with Gasteiger partial charge in [-0.15, -0.1) is 0 Å². The van der Waals surface area contributed by atoms with E-state index in [4.69, 9.17) is 0 Å². The lowest BCUT2D eigenvalue weighted by Gasteiger charge is -2.50. The van der Waals surface area contributed by atoms with Gasteiger partial charge in [0.2, 0.25) is 0 Å². The van der Waals surface area contributed by atoms with E-state index >= 15 is 0 Å². The SMILES string of the molecule is CN1CCC(C2(CC(C)(C)C)CCC2)C1. The summed E-state index contributed by atoms with van der Waals surface area (Å²) in [5.41, 5.74) is 1.24. The molecule has 1 atom stereocenters. The van der Waals surface area contributed by atoms with E-state index in [0.29, 0.717) is 5.41 Å². The summed E-state index contributed by atoms with van der Waals surface area (Å²) in [6.07, 6.45) is 7.38. The first-order chi connectivity index (χ1) is 6.91. The van der Waals surface area contributed by atoms with E-state index in [1.165, 1.54) is 45.2 Å². The summed E-state index contributed by atoms with van der Waals surface area (Å²) in [6, 6.07) is 0. The Balaban J connectivity index is 2.02. The minimum atomic E-state index is 0.515. The lowest BCUT2D eigenvalue weighted by molar-refractivity contribution is 0.00855. The van der Waals surface area contributed by atoms with E-state index in [1.807, 2.05) is 0 Å². The van der Waals surface area contributed by atoms with Crippen LogP contribution in [0.25, 0.3) is 0 Å². The lowest BCUT2D eigenvalue weighted by Crippen LogP contribution is -2.41. The first-order valence-corrected chi connectivity index (χ1v) is 6.60. The Kier molecular flexibility index (Phi) is 2.87. The molecule has 1 saturated carbocycles. The van der Waals surface area contributed by atoms with Crippen molar-refractivity contribution in [3.63, 3.8) is 0 Å². The Labute approximate surface area is 95.2 Å². The van der Waals surface area contributed by atoms with Gasteiger partial charge in [0, 0.05) is 6.54 Å². The van der Waals surface area contributed by atoms with Gasteiger partial charge < -0.3 is 4.90 Å². The molecule has 2 fully saturated rings. The molecule has 0 amide bonds. The normalized spacial score (nSPS) is 31.6. The van der Waals surface area contributed by atoms with Gasteiger partial charge in [0.15, 0.2) is 0 Å². The highest BCUT2D eigenvalue weighted by Crippen LogP contribution is 2.55. The predicted octanol–water partition coefficient (Wildman–Crippen LogP) is 3.54. The monoisotopic (exact) mass is 209 g/mol. The number of nitrogens with zero attached hydrogens (tertiary/aromatic N) is 1. The van der Waals surface area contributed by atoms with E-state index in [-0.39, 0.29) is 0 Å². The summed E-state index contributed by atoms with van der Waals surface area (Å²) < 4.78 is 0. The van der Waals surface area contributed by atoms with Crippen LogP contribution in [-0.2, 0) is 0 Å². The van der Waals surface area contributed by atoms with Crippen molar-refractivity contribution in [1.82, 2.24) is 4.90 Å². The van der Waals surface area contributed by atoms with Crippen LogP contribution in [-0.4, -0.2) is 25.0 Å². The molecule has 1 aliphatic heterocycles. The highest BCUT2D eigenvalue weighted by Gasteiger charge is 2.47. The third kappa shape index (κ3) is 2.38. The predicted molar refractivity (Wildman–Crippen MR) is 66.0 cm³/mol. The Morgan fingerprint density at radius 3 is 2.27 bits per heavy atom. The molecule has 0 bridgehead atoms. The summed E-state index contributed by atoms with van der Waals surface area (Å²) in [5, 5.41) is 0. The molecule has 0 aromatic heterocycles. The molecule has 1 heteroatoms. The zero-order valence-electron chi connectivity index (χ0n) is 11.0. The third-order valence-corrected chi connectivity index (χ3v) is 4.49. The van der Waals surface area contributed by atoms with Gasteiger partial charge in [0.1, 0.15) is 0 Å². The fourth-order valence-corrected chi connectivity index (χ4v) is 3.85. The Bertz CT molecular complexity index is 222. The smallest absolute Gasteiger partial charge is 0.00124 e. The highest BCUT2D eigenvalue weighted by molar-refractivity contribution is 4.98. The summed E-state index contributed by atoms with van der Waals surface area (Å²) in [6.45, 7) is 9.91. The largest absolute Gasteiger partial charge is 0.306 e. The van der Waals surface area contributed by atoms with E-state index in [1.54, 1.807) is 0 Å². The highest BCUT2D eigenvalue weighted by atomic mass is 15.1. The van der Waals surface area contributed by atoms with Crippen molar-refractivity contribution >= 4 is 0 Å². The van der Waals surface area contributed by atoms with Gasteiger partial charge in [-0.05, 0) is 56.0 Å². The molecule has 0 aromatic rings. The van der Waals surface area contributed by atoms with Crippen LogP contribution in [0.3, 0.4) is 0 Å². The van der Waals surface area contributed by atoms with Crippen LogP contribution in [0.4, 0.5) is 0 Å². The molecule has 0 N–H and O–H groups in total. The van der Waals surface area contributed by atoms with E-state index in [2.05, 4.69) is 32.7 Å². The second kappa shape index (κ2) is 3.76. The molecule has 1 saturated heterocycles. The second-order valence-corrected chi connectivity index (χ2v) is 7.20. The zero-order valence-corrected chi connectivity index (χ0v) is 11.0. The van der Waals surface area contributed by atoms with Gasteiger partial charge in [-0.3, -0.25) is 0 Å². The molecule has 1 nitrogen and oxygen atoms in total. The first kappa shape index (κ1) is 11.4. The Hall–Kier alpha value is -0.0400. The molecule has 2 aliphatic rings. The molecule has 1 aliphatic carbocycles. The Morgan fingerprint density at radius 1 is 1.27 bits per heavy atom. The van der Waals surface area contributed by atoms with Crippen LogP contribution in [0.15, 0.2) is 0 Å². The minimum Gasteiger partial charge on any atom is -0.306 e. The summed E-state index contributed by atoms with van der Waals surface area (Å²) in [4.78, 5) is 2.52. The van der Waals surface area contributed by atoms with Gasteiger partial charge in [-0.2, -0.15) is 0 Å². The summed E-state index contributed by atoms with van der Waals surface area (Å²) >= 11 is 0. The quantitative estimate of drug-likeness (QED) is 0.672. The third-order valence-electron chi connectivity index (χ3n) is 4.49. The van der Waals surface area contributed by atoms with Crippen LogP contribution >= 0.6 is 0 Å². The standard InChI is InChI=1S/C14H27N/c1-13(2,3)11-14(7-5-8-14)12-6-9-15(4)10-12/h12H,5-11H2,1-4H3. The van der Waals surface area contributed by atoms with E-state index < -0.39 is 0 Å². The zero-order chi connectivity index (χ0) is 11.1. The topological polar surface area (TPSA) is 3.24 Å². The fourth-order valence-electron chi connectivity index (χ4n) is 3.85. The van der Waals surface area contributed by atoms with Crippen molar-refractivity contribution < 1.29 is 0 Å². The molecular weight excluding hydrogens is 182 g/mol. The van der Waals surface area contributed by atoms with Gasteiger partial charge in [-0.1, -0.05) is 27.2 Å². The van der Waals surface area contributed by atoms with Gasteiger partial charge in [-0.25, -0.2) is 0 Å².